The molecule has 122 valence electrons. The lowest BCUT2D eigenvalue weighted by Gasteiger charge is -2.15. The molecule has 1 fully saturated rings. The molecule has 0 amide bonds. The second-order valence-corrected chi connectivity index (χ2v) is 7.29. The summed E-state index contributed by atoms with van der Waals surface area (Å²) in [7, 11) is -3.76. The van der Waals surface area contributed by atoms with E-state index in [-0.39, 0.29) is 18.0 Å². The van der Waals surface area contributed by atoms with Gasteiger partial charge in [-0.25, -0.2) is 18.1 Å². The minimum atomic E-state index is -3.76. The first kappa shape index (κ1) is 15.6. The number of carboxylic acid groups (broad SMARTS) is 1. The number of hydrogen-bond donors (Lipinski definition) is 1. The predicted molar refractivity (Wildman–Crippen MR) is 80.6 cm³/mol. The fourth-order valence-corrected chi connectivity index (χ4v) is 4.29. The van der Waals surface area contributed by atoms with Crippen molar-refractivity contribution < 1.29 is 18.3 Å². The number of pyridine rings is 1. The molecular formula is C14H16N4O4S. The Balaban J connectivity index is 1.93. The molecule has 1 atom stereocenters. The van der Waals surface area contributed by atoms with Crippen LogP contribution in [0.3, 0.4) is 0 Å². The minimum Gasteiger partial charge on any atom is -0.481 e. The van der Waals surface area contributed by atoms with Crippen molar-refractivity contribution in [1.82, 2.24) is 19.1 Å². The third kappa shape index (κ3) is 2.73. The monoisotopic (exact) mass is 336 g/mol. The molecule has 0 bridgehead atoms. The molecule has 1 unspecified atom stereocenters. The van der Waals surface area contributed by atoms with Crippen molar-refractivity contribution in [3.8, 4) is 5.82 Å². The van der Waals surface area contributed by atoms with Crippen molar-refractivity contribution in [3.63, 3.8) is 0 Å². The maximum atomic E-state index is 12.7. The molecule has 9 heteroatoms. The molecule has 0 aromatic carbocycles. The standard InChI is InChI=1S/C14H16N4O4S/c1-10-12(8-16-18(10)13-4-2-3-6-15-13)23(21,22)17-7-5-11(9-17)14(19)20/h2-4,6,8,11H,5,7,9H2,1H3,(H,19,20). The number of aliphatic carboxylic acids is 1. The van der Waals surface area contributed by atoms with Crippen LogP contribution in [0.4, 0.5) is 0 Å². The smallest absolute Gasteiger partial charge is 0.307 e. The van der Waals surface area contributed by atoms with Gasteiger partial charge >= 0.3 is 5.97 Å². The molecule has 2 aromatic heterocycles. The van der Waals surface area contributed by atoms with Crippen molar-refractivity contribution in [2.24, 2.45) is 5.92 Å². The largest absolute Gasteiger partial charge is 0.481 e. The molecule has 3 heterocycles. The molecule has 0 spiro atoms. The van der Waals surface area contributed by atoms with Gasteiger partial charge in [-0.15, -0.1) is 0 Å². The molecule has 3 rings (SSSR count). The normalized spacial score (nSPS) is 19.1. The van der Waals surface area contributed by atoms with Gasteiger partial charge < -0.3 is 5.11 Å². The Kier molecular flexibility index (Phi) is 3.90. The fraction of sp³-hybridized carbons (Fsp3) is 0.357. The van der Waals surface area contributed by atoms with Crippen molar-refractivity contribution in [2.75, 3.05) is 13.1 Å². The molecule has 1 saturated heterocycles. The molecule has 1 aliphatic rings. The lowest BCUT2D eigenvalue weighted by Crippen LogP contribution is -2.30. The highest BCUT2D eigenvalue weighted by Crippen LogP contribution is 2.26. The van der Waals surface area contributed by atoms with E-state index in [0.29, 0.717) is 17.9 Å². The van der Waals surface area contributed by atoms with E-state index in [1.807, 2.05) is 0 Å². The maximum absolute atomic E-state index is 12.7. The van der Waals surface area contributed by atoms with Crippen LogP contribution in [-0.4, -0.2) is 51.7 Å². The van der Waals surface area contributed by atoms with E-state index >= 15 is 0 Å². The van der Waals surface area contributed by atoms with Gasteiger partial charge in [0.1, 0.15) is 4.90 Å². The van der Waals surface area contributed by atoms with Crippen molar-refractivity contribution in [1.29, 1.82) is 0 Å². The highest BCUT2D eigenvalue weighted by atomic mass is 32.2. The van der Waals surface area contributed by atoms with Gasteiger partial charge in [0, 0.05) is 19.3 Å². The van der Waals surface area contributed by atoms with Gasteiger partial charge in [-0.2, -0.15) is 9.40 Å². The van der Waals surface area contributed by atoms with Gasteiger partial charge in [-0.3, -0.25) is 4.79 Å². The third-order valence-electron chi connectivity index (χ3n) is 3.95. The van der Waals surface area contributed by atoms with Crippen LogP contribution in [0.2, 0.25) is 0 Å². The summed E-state index contributed by atoms with van der Waals surface area (Å²) < 4.78 is 28.1. The summed E-state index contributed by atoms with van der Waals surface area (Å²) in [5.41, 5.74) is 0.447. The van der Waals surface area contributed by atoms with E-state index in [9.17, 15) is 13.2 Å². The van der Waals surface area contributed by atoms with Crippen LogP contribution in [0, 0.1) is 12.8 Å². The summed E-state index contributed by atoms with van der Waals surface area (Å²) in [6, 6.07) is 5.28. The molecule has 2 aromatic rings. The lowest BCUT2D eigenvalue weighted by molar-refractivity contribution is -0.141. The number of aromatic nitrogens is 3. The Hall–Kier alpha value is -2.26. The number of hydrogen-bond acceptors (Lipinski definition) is 5. The number of carboxylic acids is 1. The van der Waals surface area contributed by atoms with Crippen molar-refractivity contribution in [2.45, 2.75) is 18.2 Å². The first-order valence-electron chi connectivity index (χ1n) is 7.10. The van der Waals surface area contributed by atoms with Crippen molar-refractivity contribution >= 4 is 16.0 Å². The van der Waals surface area contributed by atoms with Crippen LogP contribution in [-0.2, 0) is 14.8 Å². The van der Waals surface area contributed by atoms with Gasteiger partial charge in [0.15, 0.2) is 5.82 Å². The molecule has 23 heavy (non-hydrogen) atoms. The minimum absolute atomic E-state index is 0.00806. The molecule has 0 radical (unpaired) electrons. The quantitative estimate of drug-likeness (QED) is 0.880. The Morgan fingerprint density at radius 3 is 2.78 bits per heavy atom. The second kappa shape index (κ2) is 5.74. The van der Waals surface area contributed by atoms with E-state index in [2.05, 4.69) is 10.1 Å². The van der Waals surface area contributed by atoms with Crippen LogP contribution in [0.1, 0.15) is 12.1 Å². The van der Waals surface area contributed by atoms with E-state index < -0.39 is 21.9 Å². The van der Waals surface area contributed by atoms with E-state index in [1.54, 1.807) is 31.3 Å². The third-order valence-corrected chi connectivity index (χ3v) is 5.92. The van der Waals surface area contributed by atoms with E-state index in [4.69, 9.17) is 5.11 Å². The molecule has 0 aliphatic carbocycles. The van der Waals surface area contributed by atoms with Gasteiger partial charge in [-0.05, 0) is 25.5 Å². The predicted octanol–water partition coefficient (Wildman–Crippen LogP) is 0.671. The number of rotatable bonds is 4. The van der Waals surface area contributed by atoms with Gasteiger partial charge in [0.25, 0.3) is 0 Å². The Labute approximate surface area is 133 Å². The summed E-state index contributed by atoms with van der Waals surface area (Å²) in [4.78, 5) is 15.3. The van der Waals surface area contributed by atoms with Gasteiger partial charge in [0.05, 0.1) is 17.8 Å². The van der Waals surface area contributed by atoms with Crippen LogP contribution >= 0.6 is 0 Å². The zero-order valence-corrected chi connectivity index (χ0v) is 13.3. The lowest BCUT2D eigenvalue weighted by atomic mass is 10.1. The number of carbonyl (C=O) groups is 1. The maximum Gasteiger partial charge on any atom is 0.307 e. The molecule has 8 nitrogen and oxygen atoms in total. The molecule has 1 N–H and O–H groups in total. The highest BCUT2D eigenvalue weighted by molar-refractivity contribution is 7.89. The van der Waals surface area contributed by atoms with Gasteiger partial charge in [-0.1, -0.05) is 6.07 Å². The average molecular weight is 336 g/mol. The van der Waals surface area contributed by atoms with Crippen LogP contribution in [0.25, 0.3) is 5.82 Å². The molecular weight excluding hydrogens is 320 g/mol. The van der Waals surface area contributed by atoms with E-state index in [1.165, 1.54) is 15.2 Å². The fourth-order valence-electron chi connectivity index (χ4n) is 2.65. The summed E-state index contributed by atoms with van der Waals surface area (Å²) in [5, 5.41) is 13.1. The summed E-state index contributed by atoms with van der Waals surface area (Å²) in [6.07, 6.45) is 3.21. The zero-order valence-electron chi connectivity index (χ0n) is 12.5. The highest BCUT2D eigenvalue weighted by Gasteiger charge is 2.37. The Bertz CT molecular complexity index is 832. The summed E-state index contributed by atoms with van der Waals surface area (Å²) >= 11 is 0. The molecule has 0 saturated carbocycles. The second-order valence-electron chi connectivity index (χ2n) is 5.38. The topological polar surface area (TPSA) is 105 Å². The first-order valence-corrected chi connectivity index (χ1v) is 8.54. The van der Waals surface area contributed by atoms with Gasteiger partial charge in [0.2, 0.25) is 10.0 Å². The van der Waals surface area contributed by atoms with Crippen LogP contribution in [0.5, 0.6) is 0 Å². The summed E-state index contributed by atoms with van der Waals surface area (Å²) in [5.74, 6) is -1.10. The SMILES string of the molecule is Cc1c(S(=O)(=O)N2CCC(C(=O)O)C2)cnn1-c1ccccn1. The molecule has 1 aliphatic heterocycles. The number of nitrogens with zero attached hydrogens (tertiary/aromatic N) is 4. The van der Waals surface area contributed by atoms with Crippen LogP contribution < -0.4 is 0 Å². The Morgan fingerprint density at radius 2 is 2.17 bits per heavy atom. The van der Waals surface area contributed by atoms with Crippen molar-refractivity contribution in [3.05, 3.63) is 36.3 Å². The summed E-state index contributed by atoms with van der Waals surface area (Å²) in [6.45, 7) is 1.85. The first-order chi connectivity index (χ1) is 10.9. The number of sulfonamides is 1. The van der Waals surface area contributed by atoms with E-state index in [0.717, 1.165) is 0 Å². The van der Waals surface area contributed by atoms with Crippen LogP contribution in [0.15, 0.2) is 35.5 Å². The zero-order chi connectivity index (χ0) is 16.6. The average Bonchev–Trinajstić information content (AvgIpc) is 3.15. The Morgan fingerprint density at radius 1 is 1.39 bits per heavy atom.